The molecule has 0 saturated carbocycles. The van der Waals surface area contributed by atoms with Gasteiger partial charge in [-0.1, -0.05) is 17.3 Å². The van der Waals surface area contributed by atoms with Gasteiger partial charge in [-0.3, -0.25) is 9.88 Å². The summed E-state index contributed by atoms with van der Waals surface area (Å²) in [4.78, 5) is 29.6. The highest BCUT2D eigenvalue weighted by Gasteiger charge is 2.33. The first kappa shape index (κ1) is 18.2. The quantitative estimate of drug-likeness (QED) is 0.523. The minimum atomic E-state index is -0.936. The van der Waals surface area contributed by atoms with Crippen LogP contribution in [0.2, 0.25) is 0 Å². The van der Waals surface area contributed by atoms with E-state index >= 15 is 0 Å². The second kappa shape index (κ2) is 7.53. The molecule has 2 N–H and O–H groups in total. The number of aromatic amines is 1. The molecule has 1 aromatic carbocycles. The van der Waals surface area contributed by atoms with Crippen LogP contribution in [-0.2, 0) is 19.5 Å². The van der Waals surface area contributed by atoms with Crippen molar-refractivity contribution in [2.75, 3.05) is 0 Å². The molecule has 4 aromatic rings. The summed E-state index contributed by atoms with van der Waals surface area (Å²) >= 11 is 0. The van der Waals surface area contributed by atoms with E-state index in [9.17, 15) is 4.79 Å². The average molecular weight is 402 g/mol. The number of hydrogen-bond acceptors (Lipinski definition) is 7. The molecule has 0 bridgehead atoms. The highest BCUT2D eigenvalue weighted by Crippen LogP contribution is 2.33. The number of pyridine rings is 1. The molecule has 150 valence electrons. The van der Waals surface area contributed by atoms with Crippen molar-refractivity contribution in [3.63, 3.8) is 0 Å². The number of benzene rings is 1. The maximum absolute atomic E-state index is 11.1. The van der Waals surface area contributed by atoms with Crippen molar-refractivity contribution in [2.24, 2.45) is 0 Å². The maximum Gasteiger partial charge on any atom is 0.335 e. The minimum absolute atomic E-state index is 0.136. The van der Waals surface area contributed by atoms with Crippen LogP contribution in [0.15, 0.2) is 59.6 Å². The van der Waals surface area contributed by atoms with Crippen LogP contribution in [0.1, 0.15) is 39.2 Å². The van der Waals surface area contributed by atoms with Crippen LogP contribution in [0.3, 0.4) is 0 Å². The fourth-order valence-corrected chi connectivity index (χ4v) is 3.67. The topological polar surface area (TPSA) is 121 Å². The summed E-state index contributed by atoms with van der Waals surface area (Å²) in [6, 6.07) is 10.4. The smallest absolute Gasteiger partial charge is 0.335 e. The number of fused-ring (bicyclic) bond motifs is 1. The molecule has 0 radical (unpaired) electrons. The minimum Gasteiger partial charge on any atom is -0.478 e. The number of carbonyl (C=O) groups is 1. The molecule has 5 rings (SSSR count). The van der Waals surface area contributed by atoms with E-state index in [4.69, 9.17) is 9.63 Å². The summed E-state index contributed by atoms with van der Waals surface area (Å²) in [5.74, 6) is 0.109. The molecule has 9 nitrogen and oxygen atoms in total. The van der Waals surface area contributed by atoms with Crippen LogP contribution >= 0.6 is 0 Å². The van der Waals surface area contributed by atoms with Crippen LogP contribution in [0, 0.1) is 0 Å². The number of carboxylic acids is 1. The molecule has 0 aliphatic carbocycles. The molecule has 0 unspecified atom stereocenters. The SMILES string of the molecule is O=C(O)c1ccc(CN2Cc3[nH]cnc3C[C@H]2c2nc(-c3ccncc3)no2)cc1. The highest BCUT2D eigenvalue weighted by molar-refractivity contribution is 5.87. The van der Waals surface area contributed by atoms with Gasteiger partial charge in [-0.15, -0.1) is 0 Å². The van der Waals surface area contributed by atoms with Crippen molar-refractivity contribution < 1.29 is 14.4 Å². The monoisotopic (exact) mass is 402 g/mol. The zero-order valence-electron chi connectivity index (χ0n) is 15.9. The number of rotatable bonds is 5. The van der Waals surface area contributed by atoms with Gasteiger partial charge in [-0.2, -0.15) is 4.98 Å². The van der Waals surface area contributed by atoms with Crippen molar-refractivity contribution in [3.8, 4) is 11.4 Å². The summed E-state index contributed by atoms with van der Waals surface area (Å²) in [5, 5.41) is 13.3. The number of hydrogen-bond donors (Lipinski definition) is 2. The van der Waals surface area contributed by atoms with Crippen LogP contribution in [0.25, 0.3) is 11.4 Å². The van der Waals surface area contributed by atoms with E-state index in [1.54, 1.807) is 30.9 Å². The van der Waals surface area contributed by atoms with E-state index in [-0.39, 0.29) is 11.6 Å². The Morgan fingerprint density at radius 3 is 2.77 bits per heavy atom. The van der Waals surface area contributed by atoms with Gasteiger partial charge in [0.05, 0.1) is 29.3 Å². The fraction of sp³-hybridized carbons (Fsp3) is 0.190. The molecule has 0 fully saturated rings. The summed E-state index contributed by atoms with van der Waals surface area (Å²) < 4.78 is 5.63. The Bertz CT molecular complexity index is 1170. The molecule has 30 heavy (non-hydrogen) atoms. The zero-order valence-corrected chi connectivity index (χ0v) is 15.9. The van der Waals surface area contributed by atoms with Gasteiger partial charge in [0, 0.05) is 37.5 Å². The van der Waals surface area contributed by atoms with Crippen molar-refractivity contribution in [1.29, 1.82) is 0 Å². The lowest BCUT2D eigenvalue weighted by atomic mass is 10.0. The third-order valence-electron chi connectivity index (χ3n) is 5.25. The van der Waals surface area contributed by atoms with Gasteiger partial charge in [0.25, 0.3) is 0 Å². The van der Waals surface area contributed by atoms with E-state index in [0.29, 0.717) is 31.2 Å². The number of imidazole rings is 1. The third kappa shape index (κ3) is 3.46. The molecule has 4 heterocycles. The predicted octanol–water partition coefficient (Wildman–Crippen LogP) is 2.85. The molecule has 0 spiro atoms. The van der Waals surface area contributed by atoms with Crippen molar-refractivity contribution in [2.45, 2.75) is 25.6 Å². The predicted molar refractivity (Wildman–Crippen MR) is 105 cm³/mol. The van der Waals surface area contributed by atoms with E-state index in [1.807, 2.05) is 24.3 Å². The number of nitrogens with zero attached hydrogens (tertiary/aromatic N) is 5. The van der Waals surface area contributed by atoms with Crippen molar-refractivity contribution >= 4 is 5.97 Å². The Hall–Kier alpha value is -3.85. The van der Waals surface area contributed by atoms with E-state index in [0.717, 1.165) is 22.5 Å². The van der Waals surface area contributed by atoms with Gasteiger partial charge in [0.2, 0.25) is 11.7 Å². The molecule has 0 saturated heterocycles. The Morgan fingerprint density at radius 1 is 1.20 bits per heavy atom. The second-order valence-corrected chi connectivity index (χ2v) is 7.15. The molecule has 1 atom stereocenters. The maximum atomic E-state index is 11.1. The number of nitrogens with one attached hydrogen (secondary N) is 1. The van der Waals surface area contributed by atoms with Crippen LogP contribution in [0.4, 0.5) is 0 Å². The molecule has 1 aliphatic heterocycles. The van der Waals surface area contributed by atoms with Crippen molar-refractivity contribution in [3.05, 3.63) is 83.5 Å². The lowest BCUT2D eigenvalue weighted by molar-refractivity contribution is 0.0697. The normalized spacial score (nSPS) is 16.3. The lowest BCUT2D eigenvalue weighted by Gasteiger charge is -2.32. The number of H-pyrrole nitrogens is 1. The summed E-state index contributed by atoms with van der Waals surface area (Å²) in [5.41, 5.74) is 4.15. The molecular weight excluding hydrogens is 384 g/mol. The Balaban J connectivity index is 1.44. The first-order valence-electron chi connectivity index (χ1n) is 9.49. The zero-order chi connectivity index (χ0) is 20.5. The summed E-state index contributed by atoms with van der Waals surface area (Å²) in [7, 11) is 0. The second-order valence-electron chi connectivity index (χ2n) is 7.15. The highest BCUT2D eigenvalue weighted by atomic mass is 16.5. The van der Waals surface area contributed by atoms with E-state index < -0.39 is 5.97 Å². The van der Waals surface area contributed by atoms with Gasteiger partial charge in [-0.05, 0) is 29.8 Å². The standard InChI is InChI=1S/C21H18N6O3/c28-21(29)15-3-1-13(2-4-15)10-27-11-17-16(23-12-24-17)9-18(27)20-25-19(26-30-20)14-5-7-22-8-6-14/h1-8,12,18H,9-11H2,(H,23,24)(H,28,29)/t18-/m0/s1. The molecule has 9 heteroatoms. The Morgan fingerprint density at radius 2 is 2.00 bits per heavy atom. The number of aromatic carboxylic acids is 1. The largest absolute Gasteiger partial charge is 0.478 e. The lowest BCUT2D eigenvalue weighted by Crippen LogP contribution is -2.34. The van der Waals surface area contributed by atoms with Crippen molar-refractivity contribution in [1.82, 2.24) is 30.0 Å². The van der Waals surface area contributed by atoms with Gasteiger partial charge in [-0.25, -0.2) is 9.78 Å². The Kier molecular flexibility index (Phi) is 4.56. The van der Waals surface area contributed by atoms with Crippen LogP contribution in [0.5, 0.6) is 0 Å². The van der Waals surface area contributed by atoms with Gasteiger partial charge in [0.1, 0.15) is 0 Å². The third-order valence-corrected chi connectivity index (χ3v) is 5.25. The summed E-state index contributed by atoms with van der Waals surface area (Å²) in [6.45, 7) is 1.25. The van der Waals surface area contributed by atoms with Gasteiger partial charge < -0.3 is 14.6 Å². The average Bonchev–Trinajstić information content (AvgIpc) is 3.43. The van der Waals surface area contributed by atoms with E-state index in [1.165, 1.54) is 0 Å². The first-order chi connectivity index (χ1) is 14.7. The molecule has 3 aromatic heterocycles. The number of aromatic nitrogens is 5. The van der Waals surface area contributed by atoms with Gasteiger partial charge in [0.15, 0.2) is 0 Å². The summed E-state index contributed by atoms with van der Waals surface area (Å²) in [6.07, 6.45) is 5.72. The Labute approximate surface area is 171 Å². The fourth-order valence-electron chi connectivity index (χ4n) is 3.67. The molecule has 0 amide bonds. The molecule has 1 aliphatic rings. The van der Waals surface area contributed by atoms with Crippen LogP contribution < -0.4 is 0 Å². The van der Waals surface area contributed by atoms with E-state index in [2.05, 4.69) is 30.0 Å². The number of carboxylic acid groups (broad SMARTS) is 1. The van der Waals surface area contributed by atoms with Crippen LogP contribution in [-0.4, -0.2) is 41.1 Å². The van der Waals surface area contributed by atoms with Gasteiger partial charge >= 0.3 is 5.97 Å². The first-order valence-corrected chi connectivity index (χ1v) is 9.49. The molecular formula is C21H18N6O3.